The number of carbonyl (C=O) groups excluding carboxylic acids is 2. The number of rotatable bonds is 2. The first-order valence-corrected chi connectivity index (χ1v) is 5.66. The summed E-state index contributed by atoms with van der Waals surface area (Å²) in [6.07, 6.45) is -3.86. The molecule has 0 unspecified atom stereocenters. The Balaban J connectivity index is 2.97. The molecule has 2 rings (SSSR count). The van der Waals surface area contributed by atoms with Crippen molar-refractivity contribution in [3.63, 3.8) is 0 Å². The molecule has 0 saturated heterocycles. The summed E-state index contributed by atoms with van der Waals surface area (Å²) in [5, 5.41) is 39.8. The average molecular weight is 296 g/mol. The van der Waals surface area contributed by atoms with Crippen LogP contribution in [-0.4, -0.2) is 12.3 Å². The Hall–Kier alpha value is -3.78. The first-order valence-electron chi connectivity index (χ1n) is 5.66. The van der Waals surface area contributed by atoms with Crippen molar-refractivity contribution in [2.75, 3.05) is 0 Å². The molecule has 0 saturated carbocycles. The molecule has 2 aromatic carbocycles. The quantitative estimate of drug-likeness (QED) is 0.556. The van der Waals surface area contributed by atoms with Gasteiger partial charge in [0.2, 0.25) is 0 Å². The van der Waals surface area contributed by atoms with Crippen LogP contribution in [0.15, 0.2) is 24.3 Å². The number of carbonyl (C=O) groups is 2. The van der Waals surface area contributed by atoms with Gasteiger partial charge in [0.15, 0.2) is 0 Å². The lowest BCUT2D eigenvalue weighted by molar-refractivity contribution is -0.272. The summed E-state index contributed by atoms with van der Waals surface area (Å²) in [7, 11) is 0. The lowest BCUT2D eigenvalue weighted by Gasteiger charge is -2.20. The Labute approximate surface area is 122 Å². The Morgan fingerprint density at radius 1 is 0.864 bits per heavy atom. The van der Waals surface area contributed by atoms with E-state index in [1.54, 1.807) is 12.1 Å². The van der Waals surface area contributed by atoms with Gasteiger partial charge in [-0.15, -0.1) is 0 Å². The molecule has 8 nitrogen and oxygen atoms in total. The maximum atomic E-state index is 10.7. The van der Waals surface area contributed by atoms with Crippen molar-refractivity contribution in [3.05, 3.63) is 35.4 Å². The van der Waals surface area contributed by atoms with E-state index in [-0.39, 0.29) is 10.8 Å². The highest BCUT2D eigenvalue weighted by atomic mass is 16.7. The van der Waals surface area contributed by atoms with Crippen LogP contribution in [0.25, 0.3) is 10.8 Å². The minimum absolute atomic E-state index is 0.0681. The monoisotopic (exact) mass is 296 g/mol. The predicted octanol–water partition coefficient (Wildman–Crippen LogP) is 0.0274. The van der Waals surface area contributed by atoms with E-state index < -0.39 is 34.9 Å². The molecule has 0 bridgehead atoms. The van der Waals surface area contributed by atoms with Crippen molar-refractivity contribution in [1.82, 2.24) is 0 Å². The van der Waals surface area contributed by atoms with Gasteiger partial charge in [-0.3, -0.25) is 0 Å². The molecular formula is C14H4N2O6-2. The van der Waals surface area contributed by atoms with Gasteiger partial charge in [-0.1, -0.05) is 24.3 Å². The van der Waals surface area contributed by atoms with Gasteiger partial charge >= 0.3 is 0 Å². The third kappa shape index (κ3) is 2.44. The summed E-state index contributed by atoms with van der Waals surface area (Å²) < 4.78 is 8.93. The van der Waals surface area contributed by atoms with E-state index in [2.05, 4.69) is 9.47 Å². The summed E-state index contributed by atoms with van der Waals surface area (Å²) in [4.78, 5) is 21.4. The van der Waals surface area contributed by atoms with Crippen LogP contribution in [0.5, 0.6) is 11.5 Å². The van der Waals surface area contributed by atoms with Gasteiger partial charge in [0.05, 0.1) is 22.6 Å². The summed E-state index contributed by atoms with van der Waals surface area (Å²) in [5.41, 5.74) is -0.969. The smallest absolute Gasteiger partial charge is 0.257 e. The van der Waals surface area contributed by atoms with E-state index >= 15 is 0 Å². The number of hydrogen-bond donors (Lipinski definition) is 0. The highest BCUT2D eigenvalue weighted by Crippen LogP contribution is 2.40. The molecule has 0 atom stereocenters. The third-order valence-corrected chi connectivity index (χ3v) is 2.71. The second kappa shape index (κ2) is 5.69. The lowest BCUT2D eigenvalue weighted by atomic mass is 9.99. The van der Waals surface area contributed by atoms with Crippen LogP contribution in [0.4, 0.5) is 9.59 Å². The fourth-order valence-electron chi connectivity index (χ4n) is 1.97. The van der Waals surface area contributed by atoms with Crippen molar-refractivity contribution in [1.29, 1.82) is 10.5 Å². The van der Waals surface area contributed by atoms with Crippen molar-refractivity contribution in [3.8, 4) is 23.6 Å². The summed E-state index contributed by atoms with van der Waals surface area (Å²) in [5.74, 6) is -0.860. The number of fused-ring (bicyclic) bond motifs is 1. The van der Waals surface area contributed by atoms with Gasteiger partial charge in [0.1, 0.15) is 12.1 Å². The zero-order chi connectivity index (χ0) is 16.3. The van der Waals surface area contributed by atoms with Crippen molar-refractivity contribution >= 4 is 23.1 Å². The molecule has 2 aromatic rings. The standard InChI is InChI=1S/C14H6N2O6/c15-5-9-10(6-16)12(22-14(19)20)8-4-2-1-3-7(8)11(9)21-13(17)18/h1-4H,(H,17,18)(H,19,20)/p-2. The predicted molar refractivity (Wildman–Crippen MR) is 65.4 cm³/mol. The maximum Gasteiger partial charge on any atom is 0.257 e. The zero-order valence-electron chi connectivity index (χ0n) is 10.7. The first kappa shape index (κ1) is 14.6. The van der Waals surface area contributed by atoms with E-state index in [1.807, 2.05) is 0 Å². The number of benzene rings is 2. The summed E-state index contributed by atoms with van der Waals surface area (Å²) in [6, 6.07) is 8.94. The molecular weight excluding hydrogens is 292 g/mol. The molecule has 0 radical (unpaired) electrons. The third-order valence-electron chi connectivity index (χ3n) is 2.71. The second-order valence-corrected chi connectivity index (χ2v) is 3.88. The van der Waals surface area contributed by atoms with Crippen LogP contribution in [0.3, 0.4) is 0 Å². The first-order chi connectivity index (χ1) is 10.5. The SMILES string of the molecule is N#Cc1c(C#N)c(OC(=O)[O-])c2ccccc2c1OC(=O)[O-]. The van der Waals surface area contributed by atoms with E-state index in [9.17, 15) is 19.8 Å². The molecule has 108 valence electrons. The number of hydrogen-bond acceptors (Lipinski definition) is 8. The molecule has 0 aliphatic carbocycles. The van der Waals surface area contributed by atoms with E-state index in [4.69, 9.17) is 10.5 Å². The van der Waals surface area contributed by atoms with Crippen molar-refractivity contribution in [2.24, 2.45) is 0 Å². The minimum Gasteiger partial charge on any atom is -0.512 e. The Bertz CT molecular complexity index is 803. The lowest BCUT2D eigenvalue weighted by Crippen LogP contribution is -2.28. The molecule has 8 heteroatoms. The van der Waals surface area contributed by atoms with E-state index in [1.165, 1.54) is 24.3 Å². The fraction of sp³-hybridized carbons (Fsp3) is 0. The van der Waals surface area contributed by atoms with E-state index in [0.717, 1.165) is 0 Å². The maximum absolute atomic E-state index is 10.7. The summed E-state index contributed by atoms with van der Waals surface area (Å²) >= 11 is 0. The molecule has 0 aliphatic heterocycles. The van der Waals surface area contributed by atoms with Crippen LogP contribution >= 0.6 is 0 Å². The summed E-state index contributed by atoms with van der Waals surface area (Å²) in [6.45, 7) is 0. The van der Waals surface area contributed by atoms with Crippen LogP contribution in [0.1, 0.15) is 11.1 Å². The number of ether oxygens (including phenoxy) is 2. The molecule has 0 fully saturated rings. The Kier molecular flexibility index (Phi) is 3.78. The van der Waals surface area contributed by atoms with Gasteiger partial charge in [0, 0.05) is 10.8 Å². The zero-order valence-corrected chi connectivity index (χ0v) is 10.7. The van der Waals surface area contributed by atoms with Gasteiger partial charge < -0.3 is 29.3 Å². The minimum atomic E-state index is -1.93. The van der Waals surface area contributed by atoms with E-state index in [0.29, 0.717) is 0 Å². The van der Waals surface area contributed by atoms with Crippen LogP contribution < -0.4 is 19.7 Å². The van der Waals surface area contributed by atoms with Crippen molar-refractivity contribution in [2.45, 2.75) is 0 Å². The highest BCUT2D eigenvalue weighted by molar-refractivity contribution is 5.99. The van der Waals surface area contributed by atoms with Gasteiger partial charge in [-0.25, -0.2) is 0 Å². The molecule has 0 spiro atoms. The number of nitrogens with zero attached hydrogens (tertiary/aromatic N) is 2. The normalized spacial score (nSPS) is 9.55. The van der Waals surface area contributed by atoms with Crippen LogP contribution in [0.2, 0.25) is 0 Å². The molecule has 0 aromatic heterocycles. The number of carboxylic acid groups (broad SMARTS) is 2. The van der Waals surface area contributed by atoms with Crippen LogP contribution in [0, 0.1) is 22.7 Å². The molecule has 0 amide bonds. The topological polar surface area (TPSA) is 146 Å². The molecule has 0 aliphatic rings. The number of nitriles is 2. The highest BCUT2D eigenvalue weighted by Gasteiger charge is 2.19. The van der Waals surface area contributed by atoms with Gasteiger partial charge in [0.25, 0.3) is 12.3 Å². The average Bonchev–Trinajstić information content (AvgIpc) is 2.48. The Morgan fingerprint density at radius 3 is 1.50 bits per heavy atom. The molecule has 22 heavy (non-hydrogen) atoms. The molecule has 0 N–H and O–H groups in total. The van der Waals surface area contributed by atoms with Gasteiger partial charge in [-0.05, 0) is 0 Å². The Morgan fingerprint density at radius 2 is 1.23 bits per heavy atom. The molecule has 0 heterocycles. The largest absolute Gasteiger partial charge is 0.512 e. The van der Waals surface area contributed by atoms with Gasteiger partial charge in [-0.2, -0.15) is 10.5 Å². The van der Waals surface area contributed by atoms with Crippen LogP contribution in [-0.2, 0) is 0 Å². The fourth-order valence-corrected chi connectivity index (χ4v) is 1.97. The van der Waals surface area contributed by atoms with Crippen molar-refractivity contribution < 1.29 is 29.3 Å². The second-order valence-electron chi connectivity index (χ2n) is 3.88.